The van der Waals surface area contributed by atoms with Crippen LogP contribution in [0.25, 0.3) is 0 Å². The molecule has 1 fully saturated rings. The Bertz CT molecular complexity index is 531. The molecule has 100 valence electrons. The van der Waals surface area contributed by atoms with Crippen LogP contribution in [0.1, 0.15) is 36.5 Å². The quantitative estimate of drug-likeness (QED) is 0.807. The molecule has 0 amide bonds. The maximum Gasteiger partial charge on any atom is 0.226 e. The number of nitrogens with one attached hydrogen (secondary N) is 1. The molecule has 4 nitrogen and oxygen atoms in total. The molecule has 0 aliphatic heterocycles. The second-order valence-corrected chi connectivity index (χ2v) is 5.17. The summed E-state index contributed by atoms with van der Waals surface area (Å²) in [5.74, 6) is 1.62. The Morgan fingerprint density at radius 1 is 1.26 bits per heavy atom. The third kappa shape index (κ3) is 2.40. The molecule has 2 aromatic rings. The Labute approximate surface area is 113 Å². The first-order valence-corrected chi connectivity index (χ1v) is 6.88. The number of rotatable bonds is 6. The zero-order valence-electron chi connectivity index (χ0n) is 11.2. The lowest BCUT2D eigenvalue weighted by molar-refractivity contribution is 0.367. The molecule has 0 bridgehead atoms. The minimum Gasteiger partial charge on any atom is -0.339 e. The van der Waals surface area contributed by atoms with Crippen molar-refractivity contribution >= 4 is 0 Å². The van der Waals surface area contributed by atoms with Crippen LogP contribution in [0.5, 0.6) is 0 Å². The molecule has 1 heterocycles. The van der Waals surface area contributed by atoms with Crippen molar-refractivity contribution in [2.45, 2.75) is 31.1 Å². The third-order valence-corrected chi connectivity index (χ3v) is 3.79. The van der Waals surface area contributed by atoms with Gasteiger partial charge in [0.1, 0.15) is 0 Å². The fourth-order valence-electron chi connectivity index (χ4n) is 2.49. The Balaban J connectivity index is 1.76. The topological polar surface area (TPSA) is 51.0 Å². The minimum atomic E-state index is 0.0199. The first kappa shape index (κ1) is 12.4. The van der Waals surface area contributed by atoms with Gasteiger partial charge in [0.2, 0.25) is 5.89 Å². The fraction of sp³-hybridized carbons (Fsp3) is 0.467. The molecule has 0 saturated heterocycles. The molecule has 1 aliphatic carbocycles. The normalized spacial score (nSPS) is 16.5. The van der Waals surface area contributed by atoms with Crippen LogP contribution in [0.15, 0.2) is 34.9 Å². The zero-order chi connectivity index (χ0) is 13.1. The second kappa shape index (κ2) is 5.13. The largest absolute Gasteiger partial charge is 0.339 e. The SMILES string of the molecule is CNCCCc1nc(C2(c3ccccc3)CC2)no1. The first-order valence-electron chi connectivity index (χ1n) is 6.88. The summed E-state index contributed by atoms with van der Waals surface area (Å²) >= 11 is 0. The van der Waals surface area contributed by atoms with Gasteiger partial charge in [-0.15, -0.1) is 0 Å². The van der Waals surface area contributed by atoms with Gasteiger partial charge < -0.3 is 9.84 Å². The highest BCUT2D eigenvalue weighted by molar-refractivity contribution is 5.38. The summed E-state index contributed by atoms with van der Waals surface area (Å²) in [6.45, 7) is 0.974. The van der Waals surface area contributed by atoms with Gasteiger partial charge in [-0.3, -0.25) is 0 Å². The third-order valence-electron chi connectivity index (χ3n) is 3.79. The van der Waals surface area contributed by atoms with Gasteiger partial charge in [0, 0.05) is 6.42 Å². The van der Waals surface area contributed by atoms with E-state index < -0.39 is 0 Å². The van der Waals surface area contributed by atoms with Gasteiger partial charge >= 0.3 is 0 Å². The number of benzene rings is 1. The highest BCUT2D eigenvalue weighted by Gasteiger charge is 2.49. The summed E-state index contributed by atoms with van der Waals surface area (Å²) in [6.07, 6.45) is 4.11. The van der Waals surface area contributed by atoms with Crippen LogP contribution in [0.3, 0.4) is 0 Å². The highest BCUT2D eigenvalue weighted by atomic mass is 16.5. The van der Waals surface area contributed by atoms with Crippen molar-refractivity contribution in [1.29, 1.82) is 0 Å². The van der Waals surface area contributed by atoms with Crippen LogP contribution < -0.4 is 5.32 Å². The number of nitrogens with zero attached hydrogens (tertiary/aromatic N) is 2. The molecule has 3 rings (SSSR count). The van der Waals surface area contributed by atoms with Crippen LogP contribution in [-0.4, -0.2) is 23.7 Å². The van der Waals surface area contributed by atoms with Crippen LogP contribution in [-0.2, 0) is 11.8 Å². The van der Waals surface area contributed by atoms with Crippen LogP contribution in [0.2, 0.25) is 0 Å². The predicted molar refractivity (Wildman–Crippen MR) is 73.0 cm³/mol. The van der Waals surface area contributed by atoms with Gasteiger partial charge in [-0.05, 0) is 38.4 Å². The van der Waals surface area contributed by atoms with E-state index in [1.165, 1.54) is 5.56 Å². The molecule has 1 aromatic carbocycles. The summed E-state index contributed by atoms with van der Waals surface area (Å²) < 4.78 is 5.37. The molecule has 19 heavy (non-hydrogen) atoms. The van der Waals surface area contributed by atoms with E-state index in [4.69, 9.17) is 4.52 Å². The van der Waals surface area contributed by atoms with Gasteiger partial charge in [0.25, 0.3) is 0 Å². The van der Waals surface area contributed by atoms with Crippen LogP contribution in [0.4, 0.5) is 0 Å². The molecule has 1 saturated carbocycles. The standard InChI is InChI=1S/C15H19N3O/c1-16-11-5-8-13-17-14(18-19-13)15(9-10-15)12-6-3-2-4-7-12/h2-4,6-7,16H,5,8-11H2,1H3. The molecule has 0 spiro atoms. The Morgan fingerprint density at radius 2 is 2.05 bits per heavy atom. The van der Waals surface area contributed by atoms with Gasteiger partial charge in [-0.2, -0.15) is 4.98 Å². The number of aryl methyl sites for hydroxylation is 1. The van der Waals surface area contributed by atoms with E-state index in [2.05, 4.69) is 39.7 Å². The second-order valence-electron chi connectivity index (χ2n) is 5.17. The maximum atomic E-state index is 5.37. The molecule has 1 aliphatic rings. The summed E-state index contributed by atoms with van der Waals surface area (Å²) in [6, 6.07) is 10.5. The average Bonchev–Trinajstić information content (AvgIpc) is 3.14. The van der Waals surface area contributed by atoms with E-state index >= 15 is 0 Å². The summed E-state index contributed by atoms with van der Waals surface area (Å²) in [5, 5.41) is 7.32. The molecule has 1 N–H and O–H groups in total. The van der Waals surface area contributed by atoms with Gasteiger partial charge in [-0.1, -0.05) is 35.5 Å². The average molecular weight is 257 g/mol. The predicted octanol–water partition coefficient (Wildman–Crippen LogP) is 2.30. The number of hydrogen-bond acceptors (Lipinski definition) is 4. The zero-order valence-corrected chi connectivity index (χ0v) is 11.2. The van der Waals surface area contributed by atoms with Crippen LogP contribution in [0, 0.1) is 0 Å². The van der Waals surface area contributed by atoms with E-state index in [1.807, 2.05) is 13.1 Å². The first-order chi connectivity index (χ1) is 9.35. The summed E-state index contributed by atoms with van der Waals surface area (Å²) in [4.78, 5) is 4.59. The molecule has 4 heteroatoms. The van der Waals surface area contributed by atoms with Gasteiger partial charge in [0.05, 0.1) is 5.41 Å². The minimum absolute atomic E-state index is 0.0199. The lowest BCUT2D eigenvalue weighted by Gasteiger charge is -2.09. The van der Waals surface area contributed by atoms with Crippen molar-refractivity contribution < 1.29 is 4.52 Å². The Hall–Kier alpha value is -1.68. The van der Waals surface area contributed by atoms with Gasteiger partial charge in [0.15, 0.2) is 5.82 Å². The molecular weight excluding hydrogens is 238 g/mol. The smallest absolute Gasteiger partial charge is 0.226 e. The van der Waals surface area contributed by atoms with E-state index in [0.29, 0.717) is 0 Å². The molecular formula is C15H19N3O. The fourth-order valence-corrected chi connectivity index (χ4v) is 2.49. The Morgan fingerprint density at radius 3 is 2.74 bits per heavy atom. The van der Waals surface area contributed by atoms with Crippen LogP contribution >= 0.6 is 0 Å². The number of aromatic nitrogens is 2. The van der Waals surface area contributed by atoms with Gasteiger partial charge in [-0.25, -0.2) is 0 Å². The Kier molecular flexibility index (Phi) is 3.34. The van der Waals surface area contributed by atoms with E-state index in [-0.39, 0.29) is 5.41 Å². The summed E-state index contributed by atoms with van der Waals surface area (Å²) in [5.41, 5.74) is 1.32. The van der Waals surface area contributed by atoms with Crippen molar-refractivity contribution in [1.82, 2.24) is 15.5 Å². The number of hydrogen-bond donors (Lipinski definition) is 1. The van der Waals surface area contributed by atoms with E-state index in [0.717, 1.165) is 43.9 Å². The lowest BCUT2D eigenvalue weighted by Crippen LogP contribution is -2.11. The van der Waals surface area contributed by atoms with E-state index in [9.17, 15) is 0 Å². The molecule has 0 atom stereocenters. The molecule has 1 aromatic heterocycles. The highest BCUT2D eigenvalue weighted by Crippen LogP contribution is 2.52. The summed E-state index contributed by atoms with van der Waals surface area (Å²) in [7, 11) is 1.95. The molecule has 0 radical (unpaired) electrons. The van der Waals surface area contributed by atoms with Crippen molar-refractivity contribution in [2.75, 3.05) is 13.6 Å². The van der Waals surface area contributed by atoms with E-state index in [1.54, 1.807) is 0 Å². The van der Waals surface area contributed by atoms with Crippen molar-refractivity contribution in [3.63, 3.8) is 0 Å². The lowest BCUT2D eigenvalue weighted by atomic mass is 9.95. The maximum absolute atomic E-state index is 5.37. The van der Waals surface area contributed by atoms with Crippen molar-refractivity contribution in [3.05, 3.63) is 47.6 Å². The molecule has 0 unspecified atom stereocenters. The van der Waals surface area contributed by atoms with Crippen molar-refractivity contribution in [3.8, 4) is 0 Å². The van der Waals surface area contributed by atoms with Crippen molar-refractivity contribution in [2.24, 2.45) is 0 Å². The monoisotopic (exact) mass is 257 g/mol.